The zero-order valence-corrected chi connectivity index (χ0v) is 13.0. The number of aliphatic carboxylic acids is 1. The van der Waals surface area contributed by atoms with Crippen molar-refractivity contribution in [2.45, 2.75) is 65.5 Å². The molecule has 0 aromatic carbocycles. The summed E-state index contributed by atoms with van der Waals surface area (Å²) in [4.78, 5) is 23.1. The molecular weight excluding hydrogens is 256 g/mol. The zero-order valence-electron chi connectivity index (χ0n) is 13.0. The fourth-order valence-electron chi connectivity index (χ4n) is 2.73. The first-order valence-electron chi connectivity index (χ1n) is 7.64. The molecule has 3 unspecified atom stereocenters. The van der Waals surface area contributed by atoms with Gasteiger partial charge in [0.1, 0.15) is 6.04 Å². The van der Waals surface area contributed by atoms with Gasteiger partial charge >= 0.3 is 12.0 Å². The Bertz CT molecular complexity index is 346. The lowest BCUT2D eigenvalue weighted by atomic mass is 9.79. The molecule has 2 amide bonds. The predicted molar refractivity (Wildman–Crippen MR) is 78.5 cm³/mol. The summed E-state index contributed by atoms with van der Waals surface area (Å²) in [6.45, 7) is 8.20. The fourth-order valence-corrected chi connectivity index (χ4v) is 2.73. The van der Waals surface area contributed by atoms with Crippen LogP contribution in [0, 0.1) is 17.8 Å². The van der Waals surface area contributed by atoms with Crippen LogP contribution < -0.4 is 10.6 Å². The lowest BCUT2D eigenvalue weighted by molar-refractivity contribution is -0.140. The van der Waals surface area contributed by atoms with Crippen molar-refractivity contribution in [1.82, 2.24) is 10.6 Å². The Morgan fingerprint density at radius 1 is 1.25 bits per heavy atom. The van der Waals surface area contributed by atoms with Crippen molar-refractivity contribution in [1.29, 1.82) is 0 Å². The van der Waals surface area contributed by atoms with Gasteiger partial charge in [0.15, 0.2) is 0 Å². The second-order valence-corrected chi connectivity index (χ2v) is 6.28. The molecule has 3 N–H and O–H groups in total. The number of carbonyl (C=O) groups excluding carboxylic acids is 1. The SMILES string of the molecule is CC[C@H](C)[C@H](NC(=O)NC1CCC(C)C(C)C1)C(=O)O. The third-order valence-electron chi connectivity index (χ3n) is 4.70. The van der Waals surface area contributed by atoms with Crippen molar-refractivity contribution in [3.05, 3.63) is 0 Å². The van der Waals surface area contributed by atoms with Gasteiger partial charge in [0.2, 0.25) is 0 Å². The number of hydrogen-bond donors (Lipinski definition) is 3. The lowest BCUT2D eigenvalue weighted by Gasteiger charge is -2.33. The summed E-state index contributed by atoms with van der Waals surface area (Å²) >= 11 is 0. The van der Waals surface area contributed by atoms with E-state index < -0.39 is 12.0 Å². The van der Waals surface area contributed by atoms with Crippen molar-refractivity contribution in [3.8, 4) is 0 Å². The van der Waals surface area contributed by atoms with Gasteiger partial charge in [-0.2, -0.15) is 0 Å². The average Bonchev–Trinajstić information content (AvgIpc) is 2.39. The van der Waals surface area contributed by atoms with Gasteiger partial charge in [-0.15, -0.1) is 0 Å². The van der Waals surface area contributed by atoms with E-state index in [0.717, 1.165) is 25.7 Å². The molecule has 0 spiro atoms. The summed E-state index contributed by atoms with van der Waals surface area (Å²) < 4.78 is 0. The van der Waals surface area contributed by atoms with Crippen molar-refractivity contribution in [2.75, 3.05) is 0 Å². The fraction of sp³-hybridized carbons (Fsp3) is 0.867. The predicted octanol–water partition coefficient (Wildman–Crippen LogP) is 2.61. The molecule has 1 fully saturated rings. The summed E-state index contributed by atoms with van der Waals surface area (Å²) in [6, 6.07) is -1.02. The molecule has 0 aromatic rings. The molecule has 0 heterocycles. The number of carboxylic acid groups (broad SMARTS) is 1. The second-order valence-electron chi connectivity index (χ2n) is 6.28. The monoisotopic (exact) mass is 284 g/mol. The highest BCUT2D eigenvalue weighted by Gasteiger charge is 2.28. The Morgan fingerprint density at radius 2 is 1.90 bits per heavy atom. The maximum Gasteiger partial charge on any atom is 0.326 e. The minimum atomic E-state index is -0.972. The molecule has 20 heavy (non-hydrogen) atoms. The molecular formula is C15H28N2O3. The number of rotatable bonds is 5. The Labute approximate surface area is 121 Å². The third-order valence-corrected chi connectivity index (χ3v) is 4.70. The van der Waals surface area contributed by atoms with Gasteiger partial charge in [0.25, 0.3) is 0 Å². The molecule has 5 heteroatoms. The van der Waals surface area contributed by atoms with Crippen molar-refractivity contribution in [3.63, 3.8) is 0 Å². The Morgan fingerprint density at radius 3 is 2.40 bits per heavy atom. The largest absolute Gasteiger partial charge is 0.480 e. The van der Waals surface area contributed by atoms with Gasteiger partial charge in [0, 0.05) is 6.04 Å². The van der Waals surface area contributed by atoms with E-state index in [0.29, 0.717) is 11.8 Å². The maximum atomic E-state index is 11.9. The van der Waals surface area contributed by atoms with E-state index in [2.05, 4.69) is 24.5 Å². The number of nitrogens with one attached hydrogen (secondary N) is 2. The molecule has 0 aliphatic heterocycles. The normalized spacial score (nSPS) is 29.3. The van der Waals surface area contributed by atoms with Crippen LogP contribution >= 0.6 is 0 Å². The average molecular weight is 284 g/mol. The Hall–Kier alpha value is -1.26. The van der Waals surface area contributed by atoms with Gasteiger partial charge in [-0.3, -0.25) is 0 Å². The minimum Gasteiger partial charge on any atom is -0.480 e. The van der Waals surface area contributed by atoms with Crippen LogP contribution in [-0.4, -0.2) is 29.2 Å². The molecule has 5 nitrogen and oxygen atoms in total. The molecule has 1 saturated carbocycles. The third kappa shape index (κ3) is 4.69. The van der Waals surface area contributed by atoms with E-state index in [1.165, 1.54) is 0 Å². The number of hydrogen-bond acceptors (Lipinski definition) is 2. The Kier molecular flexibility index (Phi) is 6.30. The van der Waals surface area contributed by atoms with Gasteiger partial charge < -0.3 is 15.7 Å². The molecule has 0 bridgehead atoms. The molecule has 0 aromatic heterocycles. The van der Waals surface area contributed by atoms with Gasteiger partial charge in [-0.05, 0) is 37.0 Å². The number of carbonyl (C=O) groups is 2. The summed E-state index contributed by atoms with van der Waals surface area (Å²) in [5, 5.41) is 14.7. The van der Waals surface area contributed by atoms with Crippen LogP contribution in [0.4, 0.5) is 4.79 Å². The zero-order chi connectivity index (χ0) is 15.3. The smallest absolute Gasteiger partial charge is 0.326 e. The van der Waals surface area contributed by atoms with Crippen LogP contribution in [0.2, 0.25) is 0 Å². The molecule has 1 aliphatic carbocycles. The van der Waals surface area contributed by atoms with Crippen LogP contribution in [0.3, 0.4) is 0 Å². The van der Waals surface area contributed by atoms with Crippen molar-refractivity contribution >= 4 is 12.0 Å². The molecule has 116 valence electrons. The lowest BCUT2D eigenvalue weighted by Crippen LogP contribution is -2.52. The standard InChI is InChI=1S/C15H28N2O3/c1-5-9(2)13(14(18)19)17-15(20)16-12-7-6-10(3)11(4)8-12/h9-13H,5-8H2,1-4H3,(H,18,19)(H2,16,17,20)/t9-,10?,11?,12?,13-/m0/s1. The van der Waals surface area contributed by atoms with Crippen LogP contribution in [0.1, 0.15) is 53.4 Å². The van der Waals surface area contributed by atoms with E-state index in [4.69, 9.17) is 5.11 Å². The van der Waals surface area contributed by atoms with Crippen LogP contribution in [0.5, 0.6) is 0 Å². The molecule has 1 aliphatic rings. The minimum absolute atomic E-state index is 0.0800. The topological polar surface area (TPSA) is 78.4 Å². The van der Waals surface area contributed by atoms with E-state index in [1.54, 1.807) is 0 Å². The summed E-state index contributed by atoms with van der Waals surface area (Å²) in [5.74, 6) is 0.241. The number of carboxylic acids is 1. The summed E-state index contributed by atoms with van der Waals surface area (Å²) in [6.07, 6.45) is 3.77. The maximum absolute atomic E-state index is 11.9. The summed E-state index contributed by atoms with van der Waals surface area (Å²) in [5.41, 5.74) is 0. The first kappa shape index (κ1) is 16.8. The van der Waals surface area contributed by atoms with E-state index in [9.17, 15) is 9.59 Å². The Balaban J connectivity index is 2.48. The van der Waals surface area contributed by atoms with Crippen molar-refractivity contribution in [2.24, 2.45) is 17.8 Å². The molecule has 1 rings (SSSR count). The summed E-state index contributed by atoms with van der Waals surface area (Å²) in [7, 11) is 0. The van der Waals surface area contributed by atoms with Crippen LogP contribution in [0.25, 0.3) is 0 Å². The van der Waals surface area contributed by atoms with E-state index in [-0.39, 0.29) is 18.0 Å². The van der Waals surface area contributed by atoms with Gasteiger partial charge in [-0.1, -0.05) is 34.1 Å². The van der Waals surface area contributed by atoms with Crippen LogP contribution in [0.15, 0.2) is 0 Å². The second kappa shape index (κ2) is 7.50. The van der Waals surface area contributed by atoms with E-state index in [1.807, 2.05) is 13.8 Å². The number of urea groups is 1. The highest BCUT2D eigenvalue weighted by molar-refractivity contribution is 5.82. The highest BCUT2D eigenvalue weighted by Crippen LogP contribution is 2.29. The van der Waals surface area contributed by atoms with Crippen molar-refractivity contribution < 1.29 is 14.7 Å². The first-order valence-corrected chi connectivity index (χ1v) is 7.64. The molecule has 5 atom stereocenters. The number of amides is 2. The highest BCUT2D eigenvalue weighted by atomic mass is 16.4. The molecule has 0 radical (unpaired) electrons. The first-order chi connectivity index (χ1) is 9.35. The van der Waals surface area contributed by atoms with Gasteiger partial charge in [-0.25, -0.2) is 9.59 Å². The van der Waals surface area contributed by atoms with Crippen LogP contribution in [-0.2, 0) is 4.79 Å². The quantitative estimate of drug-likeness (QED) is 0.726. The van der Waals surface area contributed by atoms with Gasteiger partial charge in [0.05, 0.1) is 0 Å². The van der Waals surface area contributed by atoms with E-state index >= 15 is 0 Å². The molecule has 0 saturated heterocycles.